The van der Waals surface area contributed by atoms with Crippen LogP contribution in [0.5, 0.6) is 0 Å². The zero-order valence-electron chi connectivity index (χ0n) is 25.4. The Labute approximate surface area is 277 Å². The van der Waals surface area contributed by atoms with Gasteiger partial charge in [-0.1, -0.05) is 52.4 Å². The van der Waals surface area contributed by atoms with Crippen molar-refractivity contribution in [3.8, 4) is 52.0 Å². The Morgan fingerprint density at radius 3 is 1.18 bits per heavy atom. The summed E-state index contributed by atoms with van der Waals surface area (Å²) < 4.78 is 0. The topological polar surface area (TPSA) is 51.6 Å². The van der Waals surface area contributed by atoms with E-state index in [1.165, 1.54) is 80.6 Å². The molecular weight excluding hydrogens is 617 g/mol. The Kier molecular flexibility index (Phi) is 10.8. The van der Waals surface area contributed by atoms with Crippen molar-refractivity contribution in [2.24, 2.45) is 0 Å². The van der Waals surface area contributed by atoms with Crippen LogP contribution >= 0.6 is 45.3 Å². The van der Waals surface area contributed by atoms with Gasteiger partial charge in [0, 0.05) is 19.5 Å². The molecule has 6 heterocycles. The average Bonchev–Trinajstić information content (AvgIpc) is 3.89. The number of nitrogens with zero attached hydrogens (tertiary/aromatic N) is 4. The maximum absolute atomic E-state index is 4.63. The molecule has 0 radical (unpaired) electrons. The molecule has 0 amide bonds. The number of hydrogen-bond donors (Lipinski definition) is 0. The van der Waals surface area contributed by atoms with Crippen molar-refractivity contribution in [2.75, 3.05) is 0 Å². The van der Waals surface area contributed by atoms with Crippen LogP contribution in [0.1, 0.15) is 75.0 Å². The van der Waals surface area contributed by atoms with E-state index in [0.29, 0.717) is 0 Å². The van der Waals surface area contributed by atoms with Gasteiger partial charge in [-0.05, 0) is 86.3 Å². The van der Waals surface area contributed by atoms with Crippen LogP contribution in [-0.4, -0.2) is 19.9 Å². The van der Waals surface area contributed by atoms with Crippen LogP contribution in [0.15, 0.2) is 73.3 Å². The third kappa shape index (κ3) is 7.78. The summed E-state index contributed by atoms with van der Waals surface area (Å²) >= 11 is 7.28. The Hall–Kier alpha value is -3.04. The number of hydrogen-bond acceptors (Lipinski definition) is 8. The molecule has 0 N–H and O–H groups in total. The van der Waals surface area contributed by atoms with Gasteiger partial charge in [0.05, 0.1) is 42.3 Å². The highest BCUT2D eigenvalue weighted by Crippen LogP contribution is 2.41. The number of aromatic nitrogens is 4. The van der Waals surface area contributed by atoms with Gasteiger partial charge in [-0.25, -0.2) is 19.9 Å². The molecule has 0 saturated carbocycles. The van der Waals surface area contributed by atoms with E-state index in [0.717, 1.165) is 45.4 Å². The molecule has 6 aromatic rings. The van der Waals surface area contributed by atoms with Crippen LogP contribution in [0.4, 0.5) is 0 Å². The molecule has 0 unspecified atom stereocenters. The average molecular weight is 655 g/mol. The lowest BCUT2D eigenvalue weighted by molar-refractivity contribution is 0.670. The first-order valence-corrected chi connectivity index (χ1v) is 19.0. The summed E-state index contributed by atoms with van der Waals surface area (Å²) in [6.07, 6.45) is 16.0. The number of rotatable bonds is 15. The molecule has 0 fully saturated rings. The molecule has 0 bridgehead atoms. The van der Waals surface area contributed by atoms with Crippen LogP contribution in [-0.2, 0) is 12.8 Å². The van der Waals surface area contributed by atoms with Crippen molar-refractivity contribution in [3.05, 3.63) is 83.1 Å². The molecule has 0 aliphatic rings. The molecule has 0 aliphatic heterocycles. The lowest BCUT2D eigenvalue weighted by atomic mass is 10.1. The van der Waals surface area contributed by atoms with Gasteiger partial charge < -0.3 is 0 Å². The summed E-state index contributed by atoms with van der Waals surface area (Å²) in [7, 11) is 0. The second-order valence-corrected chi connectivity index (χ2v) is 15.6. The molecule has 6 aromatic heterocycles. The van der Waals surface area contributed by atoms with Gasteiger partial charge in [0.1, 0.15) is 12.7 Å². The monoisotopic (exact) mass is 654 g/mol. The molecule has 0 aliphatic carbocycles. The van der Waals surface area contributed by atoms with E-state index in [1.807, 2.05) is 22.7 Å². The van der Waals surface area contributed by atoms with E-state index in [1.54, 1.807) is 35.3 Å². The highest BCUT2D eigenvalue weighted by molar-refractivity contribution is 7.25. The maximum Gasteiger partial charge on any atom is 0.116 e. The van der Waals surface area contributed by atoms with Gasteiger partial charge >= 0.3 is 0 Å². The largest absolute Gasteiger partial charge is 0.235 e. The SMILES string of the molecule is CCCCCCc1ccc(-c2cc(-c3ccc(-c4ccc(-c5cc(-c6ccc(CCCCCC)s6)ncn5)s4)s3)ncn2)s1. The number of thiophene rings is 4. The summed E-state index contributed by atoms with van der Waals surface area (Å²) in [6.45, 7) is 4.52. The Morgan fingerprint density at radius 1 is 0.409 bits per heavy atom. The summed E-state index contributed by atoms with van der Waals surface area (Å²) in [5.41, 5.74) is 3.95. The van der Waals surface area contributed by atoms with Gasteiger partial charge in [0.2, 0.25) is 0 Å². The predicted octanol–water partition coefficient (Wildman–Crippen LogP) is 12.1. The van der Waals surface area contributed by atoms with Gasteiger partial charge in [-0.3, -0.25) is 0 Å². The molecule has 226 valence electrons. The quantitative estimate of drug-likeness (QED) is 0.103. The summed E-state index contributed by atoms with van der Waals surface area (Å²) in [6, 6.07) is 22.0. The van der Waals surface area contributed by atoms with E-state index in [9.17, 15) is 0 Å². The van der Waals surface area contributed by atoms with Crippen LogP contribution in [0.2, 0.25) is 0 Å². The zero-order valence-corrected chi connectivity index (χ0v) is 28.7. The van der Waals surface area contributed by atoms with Crippen LogP contribution in [0, 0.1) is 0 Å². The maximum atomic E-state index is 4.63. The predicted molar refractivity (Wildman–Crippen MR) is 192 cm³/mol. The van der Waals surface area contributed by atoms with Crippen molar-refractivity contribution in [2.45, 2.75) is 78.1 Å². The Morgan fingerprint density at radius 2 is 0.773 bits per heavy atom. The third-order valence-electron chi connectivity index (χ3n) is 7.68. The molecule has 0 spiro atoms. The second-order valence-electron chi connectivity index (χ2n) is 11.1. The molecule has 0 saturated heterocycles. The van der Waals surface area contributed by atoms with Crippen LogP contribution in [0.3, 0.4) is 0 Å². The summed E-state index contributed by atoms with van der Waals surface area (Å²) in [4.78, 5) is 28.6. The lowest BCUT2D eigenvalue weighted by Gasteiger charge is -2.01. The Balaban J connectivity index is 1.13. The van der Waals surface area contributed by atoms with Gasteiger partial charge in [-0.2, -0.15) is 0 Å². The van der Waals surface area contributed by atoms with E-state index >= 15 is 0 Å². The molecule has 4 nitrogen and oxygen atoms in total. The van der Waals surface area contributed by atoms with E-state index in [2.05, 4.69) is 94.4 Å². The first kappa shape index (κ1) is 31.0. The molecular formula is C36H38N4S4. The van der Waals surface area contributed by atoms with Crippen molar-refractivity contribution in [1.82, 2.24) is 19.9 Å². The van der Waals surface area contributed by atoms with Crippen molar-refractivity contribution in [1.29, 1.82) is 0 Å². The Bertz CT molecular complexity index is 1650. The van der Waals surface area contributed by atoms with E-state index in [4.69, 9.17) is 0 Å². The van der Waals surface area contributed by atoms with Gasteiger partial charge in [0.25, 0.3) is 0 Å². The second kappa shape index (κ2) is 15.3. The minimum absolute atomic E-state index is 0.974. The lowest BCUT2D eigenvalue weighted by Crippen LogP contribution is -1.85. The number of unbranched alkanes of at least 4 members (excludes halogenated alkanes) is 6. The first-order valence-electron chi connectivity index (χ1n) is 15.7. The van der Waals surface area contributed by atoms with E-state index < -0.39 is 0 Å². The molecule has 0 atom stereocenters. The van der Waals surface area contributed by atoms with Crippen LogP contribution < -0.4 is 0 Å². The molecule has 44 heavy (non-hydrogen) atoms. The normalized spacial score (nSPS) is 11.4. The van der Waals surface area contributed by atoms with E-state index in [-0.39, 0.29) is 0 Å². The number of aryl methyl sites for hydroxylation is 2. The van der Waals surface area contributed by atoms with Crippen molar-refractivity contribution >= 4 is 45.3 Å². The van der Waals surface area contributed by atoms with Crippen molar-refractivity contribution < 1.29 is 0 Å². The summed E-state index contributed by atoms with van der Waals surface area (Å²) in [5, 5.41) is 0. The minimum atomic E-state index is 0.974. The fourth-order valence-corrected chi connectivity index (χ4v) is 9.29. The molecule has 0 aromatic carbocycles. The minimum Gasteiger partial charge on any atom is -0.235 e. The van der Waals surface area contributed by atoms with Crippen LogP contribution in [0.25, 0.3) is 52.0 Å². The smallest absolute Gasteiger partial charge is 0.116 e. The zero-order chi connectivity index (χ0) is 30.1. The highest BCUT2D eigenvalue weighted by Gasteiger charge is 2.14. The molecule has 8 heteroatoms. The summed E-state index contributed by atoms with van der Waals surface area (Å²) in [5.74, 6) is 0. The van der Waals surface area contributed by atoms with Gasteiger partial charge in [-0.15, -0.1) is 45.3 Å². The third-order valence-corrected chi connectivity index (χ3v) is 12.4. The van der Waals surface area contributed by atoms with Gasteiger partial charge in [0.15, 0.2) is 0 Å². The fourth-order valence-electron chi connectivity index (χ4n) is 5.22. The fraction of sp³-hybridized carbons (Fsp3) is 0.333. The first-order chi connectivity index (χ1) is 21.7. The highest BCUT2D eigenvalue weighted by atomic mass is 32.1. The standard InChI is InChI=1S/C36H38N4S4/c1-3-5-7-9-11-25-13-15-31(41-25)27-21-29(39-23-37-27)33-17-19-35(43-33)36-20-18-34(44-36)30-22-28(38-24-40-30)32-16-14-26(42-32)12-10-8-6-4-2/h13-24H,3-12H2,1-2H3. The van der Waals surface area contributed by atoms with Crippen molar-refractivity contribution in [3.63, 3.8) is 0 Å². The molecule has 6 rings (SSSR count).